The molecule has 0 saturated carbocycles. The van der Waals surface area contributed by atoms with Crippen molar-refractivity contribution in [1.82, 2.24) is 25.0 Å². The highest BCUT2D eigenvalue weighted by molar-refractivity contribution is 6.10. The number of carbonyl (C=O) groups is 3. The van der Waals surface area contributed by atoms with Gasteiger partial charge in [-0.25, -0.2) is 9.18 Å². The van der Waals surface area contributed by atoms with E-state index in [1.807, 2.05) is 18.4 Å². The van der Waals surface area contributed by atoms with Crippen molar-refractivity contribution in [1.29, 1.82) is 0 Å². The Kier molecular flexibility index (Phi) is 6.95. The van der Waals surface area contributed by atoms with Crippen molar-refractivity contribution in [3.8, 4) is 11.4 Å². The third-order valence-corrected chi connectivity index (χ3v) is 6.50. The number of nitrogens with zero attached hydrogens (tertiary/aromatic N) is 4. The predicted octanol–water partition coefficient (Wildman–Crippen LogP) is 3.64. The van der Waals surface area contributed by atoms with Crippen LogP contribution in [0.1, 0.15) is 64.6 Å². The molecule has 0 bridgehead atoms. The van der Waals surface area contributed by atoms with Gasteiger partial charge in [-0.3, -0.25) is 14.5 Å². The number of hydrogen-bond donors (Lipinski definition) is 2. The maximum absolute atomic E-state index is 14.7. The molecule has 4 amide bonds. The van der Waals surface area contributed by atoms with Crippen molar-refractivity contribution in [2.75, 3.05) is 11.9 Å². The Bertz CT molecular complexity index is 1090. The number of halogens is 1. The van der Waals surface area contributed by atoms with Crippen LogP contribution in [-0.2, 0) is 22.6 Å². The topological polar surface area (TPSA) is 109 Å². The minimum atomic E-state index is -0.949. The minimum absolute atomic E-state index is 0.248. The van der Waals surface area contributed by atoms with Gasteiger partial charge in [0.2, 0.25) is 5.91 Å². The van der Waals surface area contributed by atoms with E-state index >= 15 is 0 Å². The zero-order valence-electron chi connectivity index (χ0n) is 19.7. The van der Waals surface area contributed by atoms with Crippen LogP contribution in [0.2, 0.25) is 0 Å². The monoisotopic (exact) mass is 470 g/mol. The van der Waals surface area contributed by atoms with E-state index in [1.54, 1.807) is 0 Å². The molecule has 0 radical (unpaired) electrons. The molecule has 1 aromatic carbocycles. The highest BCUT2D eigenvalue weighted by atomic mass is 19.1. The van der Waals surface area contributed by atoms with Crippen LogP contribution in [0.5, 0.6) is 0 Å². The zero-order valence-corrected chi connectivity index (χ0v) is 19.7. The van der Waals surface area contributed by atoms with Gasteiger partial charge in [0.05, 0.1) is 5.56 Å². The van der Waals surface area contributed by atoms with E-state index in [0.29, 0.717) is 24.4 Å². The zero-order chi connectivity index (χ0) is 24.3. The third kappa shape index (κ3) is 4.53. The molecular formula is C24H31FN6O3. The fraction of sp³-hybridized carbons (Fsp3) is 0.542. The number of carbonyl (C=O) groups excluding carboxylic acids is 3. The maximum Gasteiger partial charge on any atom is 0.325 e. The van der Waals surface area contributed by atoms with Crippen LogP contribution >= 0.6 is 0 Å². The first-order valence-corrected chi connectivity index (χ1v) is 12.0. The molecule has 9 nitrogen and oxygen atoms in total. The molecule has 10 heteroatoms. The second-order valence-electron chi connectivity index (χ2n) is 9.05. The van der Waals surface area contributed by atoms with E-state index < -0.39 is 29.8 Å². The highest BCUT2D eigenvalue weighted by Gasteiger charge is 2.50. The van der Waals surface area contributed by atoms with Gasteiger partial charge in [0, 0.05) is 18.7 Å². The highest BCUT2D eigenvalue weighted by Crippen LogP contribution is 2.29. The number of aromatic nitrogens is 3. The van der Waals surface area contributed by atoms with Gasteiger partial charge in [0.15, 0.2) is 5.82 Å². The number of benzene rings is 1. The van der Waals surface area contributed by atoms with Crippen molar-refractivity contribution in [3.05, 3.63) is 29.8 Å². The Hall–Kier alpha value is -3.30. The van der Waals surface area contributed by atoms with Crippen LogP contribution in [0.15, 0.2) is 18.2 Å². The Morgan fingerprint density at radius 2 is 1.91 bits per heavy atom. The molecule has 3 heterocycles. The normalized spacial score (nSPS) is 17.3. The first kappa shape index (κ1) is 23.8. The molecule has 2 aliphatic heterocycles. The number of aryl methyl sites for hydroxylation is 1. The number of fused-ring (bicyclic) bond motifs is 1. The standard InChI is InChI=1S/C24H31FN6O3/c1-3-11-24(12-4-2)22(33)31(23(34)27-24)15-20(32)26-16-9-10-18(25)17(14-16)21-29-28-19-8-6-5-7-13-30(19)21/h9-10,14H,3-8,11-13,15H2,1-2H3,(H,26,32)(H,27,34). The van der Waals surface area contributed by atoms with Crippen LogP contribution in [0.3, 0.4) is 0 Å². The summed E-state index contributed by atoms with van der Waals surface area (Å²) in [6.07, 6.45) is 6.39. The molecule has 0 aliphatic carbocycles. The molecule has 34 heavy (non-hydrogen) atoms. The quantitative estimate of drug-likeness (QED) is 0.573. The first-order chi connectivity index (χ1) is 16.4. The summed E-state index contributed by atoms with van der Waals surface area (Å²) in [6.45, 7) is 4.21. The summed E-state index contributed by atoms with van der Waals surface area (Å²) in [5, 5.41) is 13.9. The van der Waals surface area contributed by atoms with Gasteiger partial charge < -0.3 is 15.2 Å². The largest absolute Gasteiger partial charge is 0.325 e. The summed E-state index contributed by atoms with van der Waals surface area (Å²) < 4.78 is 16.6. The van der Waals surface area contributed by atoms with Crippen LogP contribution in [0, 0.1) is 5.82 Å². The van der Waals surface area contributed by atoms with Crippen molar-refractivity contribution >= 4 is 23.5 Å². The Labute approximate surface area is 198 Å². The average Bonchev–Trinajstić information content (AvgIpc) is 3.18. The number of amides is 4. The van der Waals surface area contributed by atoms with E-state index in [0.717, 1.165) is 55.8 Å². The van der Waals surface area contributed by atoms with Gasteiger partial charge >= 0.3 is 6.03 Å². The van der Waals surface area contributed by atoms with Crippen molar-refractivity contribution in [3.63, 3.8) is 0 Å². The molecule has 2 aromatic rings. The fourth-order valence-corrected chi connectivity index (χ4v) is 4.94. The molecule has 0 atom stereocenters. The predicted molar refractivity (Wildman–Crippen MR) is 124 cm³/mol. The van der Waals surface area contributed by atoms with Gasteiger partial charge in [-0.05, 0) is 43.9 Å². The van der Waals surface area contributed by atoms with Gasteiger partial charge in [-0.15, -0.1) is 10.2 Å². The smallest absolute Gasteiger partial charge is 0.325 e. The van der Waals surface area contributed by atoms with Crippen molar-refractivity contribution in [2.45, 2.75) is 77.3 Å². The molecule has 1 saturated heterocycles. The molecule has 1 aromatic heterocycles. The summed E-state index contributed by atoms with van der Waals surface area (Å²) in [7, 11) is 0. The Balaban J connectivity index is 1.50. The summed E-state index contributed by atoms with van der Waals surface area (Å²) in [6, 6.07) is 3.67. The van der Waals surface area contributed by atoms with Gasteiger partial charge in [-0.1, -0.05) is 33.1 Å². The van der Waals surface area contributed by atoms with Gasteiger partial charge in [0.25, 0.3) is 5.91 Å². The Morgan fingerprint density at radius 1 is 1.15 bits per heavy atom. The number of anilines is 1. The first-order valence-electron chi connectivity index (χ1n) is 12.0. The van der Waals surface area contributed by atoms with Gasteiger partial charge in [-0.2, -0.15) is 0 Å². The number of rotatable bonds is 8. The lowest BCUT2D eigenvalue weighted by Gasteiger charge is -2.25. The minimum Gasteiger partial charge on any atom is -0.325 e. The molecular weight excluding hydrogens is 439 g/mol. The fourth-order valence-electron chi connectivity index (χ4n) is 4.94. The van der Waals surface area contributed by atoms with Crippen LogP contribution < -0.4 is 10.6 Å². The lowest BCUT2D eigenvalue weighted by Crippen LogP contribution is -2.47. The maximum atomic E-state index is 14.7. The Morgan fingerprint density at radius 3 is 2.65 bits per heavy atom. The number of imide groups is 1. The SMILES string of the molecule is CCCC1(CCC)NC(=O)N(CC(=O)Nc2ccc(F)c(-c3nnc4n3CCCCC4)c2)C1=O. The molecule has 2 N–H and O–H groups in total. The van der Waals surface area contributed by atoms with Crippen molar-refractivity contribution in [2.24, 2.45) is 0 Å². The molecule has 4 rings (SSSR count). The number of urea groups is 1. The molecule has 182 valence electrons. The van der Waals surface area contributed by atoms with E-state index in [1.165, 1.54) is 18.2 Å². The van der Waals surface area contributed by atoms with E-state index in [4.69, 9.17) is 0 Å². The van der Waals surface area contributed by atoms with Crippen LogP contribution in [0.4, 0.5) is 14.9 Å². The number of hydrogen-bond acceptors (Lipinski definition) is 5. The summed E-state index contributed by atoms with van der Waals surface area (Å²) >= 11 is 0. The lowest BCUT2D eigenvalue weighted by atomic mass is 9.88. The summed E-state index contributed by atoms with van der Waals surface area (Å²) in [5.41, 5.74) is -0.346. The average molecular weight is 471 g/mol. The molecule has 1 fully saturated rings. The summed E-state index contributed by atoms with van der Waals surface area (Å²) in [5.74, 6) is -0.103. The van der Waals surface area contributed by atoms with E-state index in [2.05, 4.69) is 20.8 Å². The van der Waals surface area contributed by atoms with Crippen LogP contribution in [-0.4, -0.2) is 49.6 Å². The second kappa shape index (κ2) is 9.90. The molecule has 2 aliphatic rings. The molecule has 0 spiro atoms. The van der Waals surface area contributed by atoms with E-state index in [9.17, 15) is 18.8 Å². The second-order valence-corrected chi connectivity index (χ2v) is 9.05. The van der Waals surface area contributed by atoms with Crippen molar-refractivity contribution < 1.29 is 18.8 Å². The van der Waals surface area contributed by atoms with Crippen LogP contribution in [0.25, 0.3) is 11.4 Å². The lowest BCUT2D eigenvalue weighted by molar-refractivity contribution is -0.134. The number of nitrogens with one attached hydrogen (secondary N) is 2. The third-order valence-electron chi connectivity index (χ3n) is 6.50. The molecule has 0 unspecified atom stereocenters. The summed E-state index contributed by atoms with van der Waals surface area (Å²) in [4.78, 5) is 39.2. The van der Waals surface area contributed by atoms with Gasteiger partial charge in [0.1, 0.15) is 23.7 Å². The van der Waals surface area contributed by atoms with E-state index in [-0.39, 0.29) is 11.5 Å².